The van der Waals surface area contributed by atoms with Gasteiger partial charge in [-0.25, -0.2) is 9.18 Å². The number of aryl methyl sites for hydroxylation is 2. The highest BCUT2D eigenvalue weighted by molar-refractivity contribution is 5.77. The smallest absolute Gasteiger partial charge is 0.327 e. The minimum atomic E-state index is -1.04. The van der Waals surface area contributed by atoms with Gasteiger partial charge in [-0.05, 0) is 78.0 Å². The zero-order valence-corrected chi connectivity index (χ0v) is 20.3. The molecule has 1 aliphatic rings. The summed E-state index contributed by atoms with van der Waals surface area (Å²) in [4.78, 5) is 31.0. The van der Waals surface area contributed by atoms with Crippen molar-refractivity contribution >= 4 is 18.1 Å². The van der Waals surface area contributed by atoms with Gasteiger partial charge in [-0.2, -0.15) is 0 Å². The van der Waals surface area contributed by atoms with Gasteiger partial charge in [0.1, 0.15) is 11.9 Å². The van der Waals surface area contributed by atoms with Crippen molar-refractivity contribution in [3.63, 3.8) is 0 Å². The Labute approximate surface area is 210 Å². The van der Waals surface area contributed by atoms with E-state index >= 15 is 0 Å². The minimum absolute atomic E-state index is 0.251. The number of anilines is 1. The van der Waals surface area contributed by atoms with Gasteiger partial charge in [0.15, 0.2) is 0 Å². The second-order valence-corrected chi connectivity index (χ2v) is 8.99. The quantitative estimate of drug-likeness (QED) is 0.424. The standard InChI is InChI=1S/C28H31FN4O3/c1-2-32-13-14-33(18-26(32)27(28(35)36)31-19-34)25-7-5-20(6-8-25)3-4-21-15-23(17-24(29)16-21)22-9-11-30-12-10-22/h5-12,15-17,19,26-27H,2-4,13-14,18H2,1H3,(H,31,34)(H,35,36). The number of hydrogen-bond acceptors (Lipinski definition) is 5. The molecule has 3 aromatic rings. The average Bonchev–Trinajstić information content (AvgIpc) is 2.90. The second kappa shape index (κ2) is 11.8. The van der Waals surface area contributed by atoms with Gasteiger partial charge in [-0.3, -0.25) is 14.7 Å². The van der Waals surface area contributed by atoms with Gasteiger partial charge in [0.2, 0.25) is 6.41 Å². The molecule has 2 N–H and O–H groups in total. The molecule has 2 atom stereocenters. The Balaban J connectivity index is 1.42. The van der Waals surface area contributed by atoms with Crippen LogP contribution in [0.25, 0.3) is 11.1 Å². The average molecular weight is 491 g/mol. The van der Waals surface area contributed by atoms with E-state index in [9.17, 15) is 19.1 Å². The third kappa shape index (κ3) is 6.07. The molecule has 7 nitrogen and oxygen atoms in total. The molecular formula is C28H31FN4O3. The van der Waals surface area contributed by atoms with Crippen molar-refractivity contribution in [3.05, 3.63) is 83.9 Å². The van der Waals surface area contributed by atoms with E-state index in [4.69, 9.17) is 0 Å². The zero-order valence-electron chi connectivity index (χ0n) is 20.3. The number of benzene rings is 2. The molecule has 0 aliphatic carbocycles. The number of nitrogens with zero attached hydrogens (tertiary/aromatic N) is 3. The summed E-state index contributed by atoms with van der Waals surface area (Å²) in [6.45, 7) is 4.71. The summed E-state index contributed by atoms with van der Waals surface area (Å²) in [5.41, 5.74) is 4.87. The number of carbonyl (C=O) groups is 2. The van der Waals surface area contributed by atoms with Crippen LogP contribution in [0.3, 0.4) is 0 Å². The summed E-state index contributed by atoms with van der Waals surface area (Å²) in [6, 6.07) is 15.8. The summed E-state index contributed by atoms with van der Waals surface area (Å²) in [7, 11) is 0. The van der Waals surface area contributed by atoms with Gasteiger partial charge in [-0.15, -0.1) is 0 Å². The second-order valence-electron chi connectivity index (χ2n) is 8.99. The van der Waals surface area contributed by atoms with Gasteiger partial charge >= 0.3 is 5.97 Å². The maximum Gasteiger partial charge on any atom is 0.327 e. The molecule has 1 amide bonds. The lowest BCUT2D eigenvalue weighted by Crippen LogP contribution is -2.62. The summed E-state index contributed by atoms with van der Waals surface area (Å²) in [5, 5.41) is 12.1. The zero-order chi connectivity index (χ0) is 25.5. The Kier molecular flexibility index (Phi) is 8.28. The van der Waals surface area contributed by atoms with E-state index in [0.29, 0.717) is 32.5 Å². The molecule has 36 heavy (non-hydrogen) atoms. The van der Waals surface area contributed by atoms with Crippen LogP contribution in [0.5, 0.6) is 0 Å². The third-order valence-electron chi connectivity index (χ3n) is 6.81. The first-order valence-corrected chi connectivity index (χ1v) is 12.2. The van der Waals surface area contributed by atoms with Crippen molar-refractivity contribution in [2.75, 3.05) is 31.1 Å². The van der Waals surface area contributed by atoms with Crippen molar-refractivity contribution in [1.82, 2.24) is 15.2 Å². The van der Waals surface area contributed by atoms with Gasteiger partial charge in [-0.1, -0.05) is 25.1 Å². The number of nitrogens with one attached hydrogen (secondary N) is 1. The first-order chi connectivity index (χ1) is 17.5. The molecule has 0 saturated carbocycles. The van der Waals surface area contributed by atoms with Gasteiger partial charge in [0, 0.05) is 37.7 Å². The number of aliphatic carboxylic acids is 1. The van der Waals surface area contributed by atoms with Crippen LogP contribution in [-0.4, -0.2) is 65.6 Å². The van der Waals surface area contributed by atoms with E-state index in [0.717, 1.165) is 40.9 Å². The number of carbonyl (C=O) groups excluding carboxylic acids is 1. The fourth-order valence-corrected chi connectivity index (χ4v) is 4.88. The van der Waals surface area contributed by atoms with E-state index < -0.39 is 12.0 Å². The van der Waals surface area contributed by atoms with Crippen LogP contribution in [0, 0.1) is 5.82 Å². The molecule has 4 rings (SSSR count). The van der Waals surface area contributed by atoms with Crippen LogP contribution in [0.4, 0.5) is 10.1 Å². The molecule has 0 bridgehead atoms. The van der Waals surface area contributed by atoms with Crippen LogP contribution in [0.15, 0.2) is 67.0 Å². The molecular weight excluding hydrogens is 459 g/mol. The largest absolute Gasteiger partial charge is 0.480 e. The van der Waals surface area contributed by atoms with E-state index in [1.165, 1.54) is 0 Å². The highest BCUT2D eigenvalue weighted by atomic mass is 19.1. The molecule has 188 valence electrons. The van der Waals surface area contributed by atoms with Gasteiger partial charge in [0.05, 0.1) is 6.04 Å². The fourth-order valence-electron chi connectivity index (χ4n) is 4.88. The van der Waals surface area contributed by atoms with Crippen molar-refractivity contribution in [3.8, 4) is 11.1 Å². The molecule has 1 fully saturated rings. The fraction of sp³-hybridized carbons (Fsp3) is 0.321. The Morgan fingerprint density at radius 1 is 1.08 bits per heavy atom. The number of carboxylic acids is 1. The Hall–Kier alpha value is -3.78. The normalized spacial score (nSPS) is 16.9. The summed E-state index contributed by atoms with van der Waals surface area (Å²) in [6.07, 6.45) is 5.35. The van der Waals surface area contributed by atoms with Gasteiger partial charge < -0.3 is 15.3 Å². The number of aromatic nitrogens is 1. The summed E-state index contributed by atoms with van der Waals surface area (Å²) < 4.78 is 14.3. The number of rotatable bonds is 10. The van der Waals surface area contributed by atoms with Crippen LogP contribution in [0.2, 0.25) is 0 Å². The van der Waals surface area contributed by atoms with Crippen molar-refractivity contribution < 1.29 is 19.1 Å². The monoisotopic (exact) mass is 490 g/mol. The molecule has 2 aromatic carbocycles. The van der Waals surface area contributed by atoms with Crippen LogP contribution in [-0.2, 0) is 22.4 Å². The third-order valence-corrected chi connectivity index (χ3v) is 6.81. The Bertz CT molecular complexity index is 1170. The molecule has 8 heteroatoms. The van der Waals surface area contributed by atoms with Gasteiger partial charge in [0.25, 0.3) is 0 Å². The molecule has 1 aromatic heterocycles. The van der Waals surface area contributed by atoms with E-state index in [1.807, 2.05) is 37.3 Å². The van der Waals surface area contributed by atoms with Crippen LogP contribution < -0.4 is 10.2 Å². The molecule has 2 heterocycles. The number of hydrogen-bond donors (Lipinski definition) is 2. The minimum Gasteiger partial charge on any atom is -0.480 e. The summed E-state index contributed by atoms with van der Waals surface area (Å²) in [5.74, 6) is -1.29. The van der Waals surface area contributed by atoms with Crippen LogP contribution in [0.1, 0.15) is 18.1 Å². The number of halogens is 1. The van der Waals surface area contributed by atoms with E-state index in [-0.39, 0.29) is 11.9 Å². The predicted octanol–water partition coefficient (Wildman–Crippen LogP) is 3.38. The first kappa shape index (κ1) is 25.3. The lowest BCUT2D eigenvalue weighted by atomic mass is 9.99. The lowest BCUT2D eigenvalue weighted by Gasteiger charge is -2.44. The lowest BCUT2D eigenvalue weighted by molar-refractivity contribution is -0.142. The highest BCUT2D eigenvalue weighted by Gasteiger charge is 2.36. The van der Waals surface area contributed by atoms with Crippen molar-refractivity contribution in [1.29, 1.82) is 0 Å². The maximum absolute atomic E-state index is 14.3. The molecule has 1 aliphatic heterocycles. The predicted molar refractivity (Wildman–Crippen MR) is 137 cm³/mol. The van der Waals surface area contributed by atoms with Crippen LogP contribution >= 0.6 is 0 Å². The number of pyridine rings is 1. The Morgan fingerprint density at radius 2 is 1.81 bits per heavy atom. The summed E-state index contributed by atoms with van der Waals surface area (Å²) >= 11 is 0. The Morgan fingerprint density at radius 3 is 2.47 bits per heavy atom. The molecule has 0 spiro atoms. The van der Waals surface area contributed by atoms with Crippen molar-refractivity contribution in [2.24, 2.45) is 0 Å². The first-order valence-electron chi connectivity index (χ1n) is 12.2. The van der Waals surface area contributed by atoms with Crippen molar-refractivity contribution in [2.45, 2.75) is 31.8 Å². The molecule has 0 radical (unpaired) electrons. The maximum atomic E-state index is 14.3. The number of amides is 1. The van der Waals surface area contributed by atoms with E-state index in [2.05, 4.69) is 32.2 Å². The highest BCUT2D eigenvalue weighted by Crippen LogP contribution is 2.24. The topological polar surface area (TPSA) is 85.8 Å². The number of piperazine rings is 1. The SMILES string of the molecule is CCN1CCN(c2ccc(CCc3cc(F)cc(-c4ccncc4)c3)cc2)CC1C(NC=O)C(=O)O. The molecule has 1 saturated heterocycles. The molecule has 2 unspecified atom stereocenters. The number of likely N-dealkylation sites (N-methyl/N-ethyl adjacent to an activating group) is 1. The number of carboxylic acid groups (broad SMARTS) is 1. The van der Waals surface area contributed by atoms with E-state index in [1.54, 1.807) is 24.5 Å².